The molecule has 0 aromatic heterocycles. The number of hydrogen-bond acceptors (Lipinski definition) is 3. The molecule has 0 bridgehead atoms. The molecule has 2 unspecified atom stereocenters. The van der Waals surface area contributed by atoms with E-state index in [1.54, 1.807) is 12.1 Å². The van der Waals surface area contributed by atoms with Gasteiger partial charge in [0.2, 0.25) is 0 Å². The van der Waals surface area contributed by atoms with Crippen LogP contribution in [0.1, 0.15) is 37.3 Å². The highest BCUT2D eigenvalue weighted by molar-refractivity contribution is 5.44. The number of benzene rings is 1. The molecule has 1 aromatic carbocycles. The fourth-order valence-corrected chi connectivity index (χ4v) is 3.18. The molecule has 1 aliphatic carbocycles. The number of rotatable bonds is 5. The van der Waals surface area contributed by atoms with Crippen LogP contribution in [0, 0.1) is 23.0 Å². The highest BCUT2D eigenvalue weighted by Crippen LogP contribution is 2.31. The van der Waals surface area contributed by atoms with Gasteiger partial charge in [0.25, 0.3) is 5.69 Å². The second kappa shape index (κ2) is 6.15. The largest absolute Gasteiger partial charge is 0.314 e. The summed E-state index contributed by atoms with van der Waals surface area (Å²) in [4.78, 5) is 10.7. The summed E-state index contributed by atoms with van der Waals surface area (Å²) in [7, 11) is 0. The first-order valence-electron chi connectivity index (χ1n) is 7.09. The fourth-order valence-electron chi connectivity index (χ4n) is 3.18. The molecule has 19 heavy (non-hydrogen) atoms. The van der Waals surface area contributed by atoms with Gasteiger partial charge in [0.15, 0.2) is 0 Å². The Hall–Kier alpha value is -1.42. The van der Waals surface area contributed by atoms with E-state index in [0.29, 0.717) is 12.0 Å². The Morgan fingerprint density at radius 1 is 1.42 bits per heavy atom. The quantitative estimate of drug-likeness (QED) is 0.654. The summed E-state index contributed by atoms with van der Waals surface area (Å²) in [5.41, 5.74) is 2.20. The van der Waals surface area contributed by atoms with Crippen molar-refractivity contribution in [3.8, 4) is 0 Å². The summed E-state index contributed by atoms with van der Waals surface area (Å²) in [6.07, 6.45) is 4.66. The molecule has 1 aromatic rings. The maximum Gasteiger partial charge on any atom is 0.272 e. The van der Waals surface area contributed by atoms with E-state index in [4.69, 9.17) is 0 Å². The minimum atomic E-state index is -0.282. The van der Waals surface area contributed by atoms with Gasteiger partial charge in [0.1, 0.15) is 0 Å². The van der Waals surface area contributed by atoms with Gasteiger partial charge in [-0.1, -0.05) is 25.5 Å². The monoisotopic (exact) mass is 262 g/mol. The van der Waals surface area contributed by atoms with Gasteiger partial charge >= 0.3 is 0 Å². The van der Waals surface area contributed by atoms with Gasteiger partial charge in [0.05, 0.1) is 4.92 Å². The molecule has 0 saturated heterocycles. The Morgan fingerprint density at radius 3 is 2.89 bits per heavy atom. The van der Waals surface area contributed by atoms with Gasteiger partial charge in [-0.25, -0.2) is 0 Å². The number of hydrogen-bond donors (Lipinski definition) is 1. The lowest BCUT2D eigenvalue weighted by Gasteiger charge is -2.21. The molecule has 2 atom stereocenters. The van der Waals surface area contributed by atoms with Crippen molar-refractivity contribution in [1.82, 2.24) is 5.32 Å². The van der Waals surface area contributed by atoms with Gasteiger partial charge in [-0.15, -0.1) is 0 Å². The third kappa shape index (κ3) is 3.13. The first-order valence-corrected chi connectivity index (χ1v) is 7.09. The van der Waals surface area contributed by atoms with Crippen molar-refractivity contribution in [3.05, 3.63) is 39.4 Å². The van der Waals surface area contributed by atoms with Crippen molar-refractivity contribution in [2.45, 2.75) is 45.6 Å². The van der Waals surface area contributed by atoms with Crippen molar-refractivity contribution in [2.24, 2.45) is 5.92 Å². The second-order valence-corrected chi connectivity index (χ2v) is 5.38. The predicted molar refractivity (Wildman–Crippen MR) is 76.3 cm³/mol. The van der Waals surface area contributed by atoms with Crippen LogP contribution in [0.5, 0.6) is 0 Å². The van der Waals surface area contributed by atoms with Crippen LogP contribution in [-0.2, 0) is 6.42 Å². The van der Waals surface area contributed by atoms with Gasteiger partial charge in [-0.2, -0.15) is 0 Å². The van der Waals surface area contributed by atoms with E-state index in [1.165, 1.54) is 19.3 Å². The van der Waals surface area contributed by atoms with Crippen molar-refractivity contribution in [1.29, 1.82) is 0 Å². The Bertz CT molecular complexity index is 459. The molecule has 2 rings (SSSR count). The van der Waals surface area contributed by atoms with E-state index in [9.17, 15) is 10.1 Å². The van der Waals surface area contributed by atoms with Crippen LogP contribution in [0.25, 0.3) is 0 Å². The number of nitro benzene ring substituents is 1. The normalized spacial score (nSPS) is 22.6. The summed E-state index contributed by atoms with van der Waals surface area (Å²) in [6, 6.07) is 6.00. The van der Waals surface area contributed by atoms with E-state index in [2.05, 4.69) is 12.2 Å². The Kier molecular flexibility index (Phi) is 4.53. The Labute approximate surface area is 114 Å². The minimum absolute atomic E-state index is 0.246. The summed E-state index contributed by atoms with van der Waals surface area (Å²) in [5, 5.41) is 14.5. The van der Waals surface area contributed by atoms with Crippen molar-refractivity contribution in [2.75, 3.05) is 6.54 Å². The molecule has 4 nitrogen and oxygen atoms in total. The lowest BCUT2D eigenvalue weighted by molar-refractivity contribution is -0.385. The average molecular weight is 262 g/mol. The molecule has 0 amide bonds. The van der Waals surface area contributed by atoms with Gasteiger partial charge in [-0.3, -0.25) is 10.1 Å². The van der Waals surface area contributed by atoms with Crippen molar-refractivity contribution < 1.29 is 4.92 Å². The molecular weight excluding hydrogens is 240 g/mol. The molecule has 4 heteroatoms. The minimum Gasteiger partial charge on any atom is -0.314 e. The van der Waals surface area contributed by atoms with Crippen molar-refractivity contribution in [3.63, 3.8) is 0 Å². The molecule has 0 spiro atoms. The highest BCUT2D eigenvalue weighted by Gasteiger charge is 2.27. The van der Waals surface area contributed by atoms with Crippen molar-refractivity contribution >= 4 is 5.69 Å². The van der Waals surface area contributed by atoms with E-state index in [-0.39, 0.29) is 10.6 Å². The molecule has 0 radical (unpaired) electrons. The van der Waals surface area contributed by atoms with Gasteiger partial charge in [-0.05, 0) is 44.2 Å². The maximum atomic E-state index is 11.0. The summed E-state index contributed by atoms with van der Waals surface area (Å²) in [6.45, 7) is 4.99. The first-order chi connectivity index (χ1) is 9.13. The van der Waals surface area contributed by atoms with Crippen LogP contribution in [0.3, 0.4) is 0 Å². The lowest BCUT2D eigenvalue weighted by atomic mass is 9.91. The SMILES string of the molecule is CCNC1CCCC1Cc1cccc([N+](=O)[O-])c1C. The second-order valence-electron chi connectivity index (χ2n) is 5.38. The van der Waals surface area contributed by atoms with Crippen LogP contribution in [0.15, 0.2) is 18.2 Å². The summed E-state index contributed by atoms with van der Waals surface area (Å²) < 4.78 is 0. The zero-order valence-corrected chi connectivity index (χ0v) is 11.7. The molecule has 1 N–H and O–H groups in total. The third-order valence-electron chi connectivity index (χ3n) is 4.22. The van der Waals surface area contributed by atoms with Gasteiger partial charge in [0, 0.05) is 17.7 Å². The number of nitro groups is 1. The molecule has 1 fully saturated rings. The summed E-state index contributed by atoms with van der Waals surface area (Å²) >= 11 is 0. The predicted octanol–water partition coefficient (Wildman–Crippen LogP) is 3.22. The van der Waals surface area contributed by atoms with Crippen LogP contribution < -0.4 is 5.32 Å². The Balaban J connectivity index is 2.15. The lowest BCUT2D eigenvalue weighted by Crippen LogP contribution is -2.33. The van der Waals surface area contributed by atoms with Crippen LogP contribution in [0.4, 0.5) is 5.69 Å². The topological polar surface area (TPSA) is 55.2 Å². The summed E-state index contributed by atoms with van der Waals surface area (Å²) in [5.74, 6) is 0.612. The van der Waals surface area contributed by atoms with Gasteiger partial charge < -0.3 is 5.32 Å². The number of nitrogens with zero attached hydrogens (tertiary/aromatic N) is 1. The zero-order chi connectivity index (χ0) is 13.8. The van der Waals surface area contributed by atoms with E-state index < -0.39 is 0 Å². The highest BCUT2D eigenvalue weighted by atomic mass is 16.6. The number of nitrogens with one attached hydrogen (secondary N) is 1. The van der Waals surface area contributed by atoms with E-state index in [0.717, 1.165) is 24.1 Å². The van der Waals surface area contributed by atoms with Crippen LogP contribution >= 0.6 is 0 Å². The molecule has 0 aliphatic heterocycles. The molecule has 104 valence electrons. The fraction of sp³-hybridized carbons (Fsp3) is 0.600. The van der Waals surface area contributed by atoms with E-state index >= 15 is 0 Å². The zero-order valence-electron chi connectivity index (χ0n) is 11.7. The standard InChI is InChI=1S/C15H22N2O2/c1-3-16-14-8-4-7-13(14)10-12-6-5-9-15(11(12)2)17(18)19/h5-6,9,13-14,16H,3-4,7-8,10H2,1-2H3. The van der Waals surface area contributed by atoms with Crippen LogP contribution in [-0.4, -0.2) is 17.5 Å². The smallest absolute Gasteiger partial charge is 0.272 e. The molecular formula is C15H22N2O2. The maximum absolute atomic E-state index is 11.0. The Morgan fingerprint density at radius 2 is 2.21 bits per heavy atom. The first kappa shape index (κ1) is 14.0. The average Bonchev–Trinajstić information content (AvgIpc) is 2.79. The molecule has 1 aliphatic rings. The molecule has 0 heterocycles. The molecule has 1 saturated carbocycles. The third-order valence-corrected chi connectivity index (χ3v) is 4.22. The van der Waals surface area contributed by atoms with E-state index in [1.807, 2.05) is 13.0 Å². The van der Waals surface area contributed by atoms with Crippen LogP contribution in [0.2, 0.25) is 0 Å².